The number of unbranched alkanes of at least 4 members (excludes halogenated alkanes) is 1. The number of rotatable bonds is 9. The lowest BCUT2D eigenvalue weighted by molar-refractivity contribution is -0.121. The number of carbonyl (C=O) groups is 1. The molecule has 0 aliphatic rings. The molecule has 1 amide bonds. The molecule has 1 aromatic heterocycles. The number of amides is 1. The van der Waals surface area contributed by atoms with Gasteiger partial charge in [-0.2, -0.15) is 0 Å². The molecule has 6 heteroatoms. The number of para-hydroxylation sites is 1. The first-order chi connectivity index (χ1) is 13.6. The molecule has 0 fully saturated rings. The maximum atomic E-state index is 12.3. The van der Waals surface area contributed by atoms with Crippen molar-refractivity contribution < 1.29 is 14.3 Å². The van der Waals surface area contributed by atoms with E-state index >= 15 is 0 Å². The Labute approximate surface area is 169 Å². The molecule has 0 spiro atoms. The summed E-state index contributed by atoms with van der Waals surface area (Å²) in [5.41, 5.74) is 1.96. The fraction of sp³-hybridized carbons (Fsp3) is 0.364. The third kappa shape index (κ3) is 5.01. The van der Waals surface area contributed by atoms with Crippen molar-refractivity contribution in [1.29, 1.82) is 0 Å². The topological polar surface area (TPSA) is 60.5 Å². The van der Waals surface area contributed by atoms with Gasteiger partial charge < -0.3 is 14.8 Å². The van der Waals surface area contributed by atoms with Crippen LogP contribution in [0.4, 0.5) is 0 Å². The number of nitrogens with zero attached hydrogens (tertiary/aromatic N) is 1. The van der Waals surface area contributed by atoms with Gasteiger partial charge in [0.15, 0.2) is 0 Å². The van der Waals surface area contributed by atoms with Crippen LogP contribution in [0.3, 0.4) is 0 Å². The highest BCUT2D eigenvalue weighted by Gasteiger charge is 2.15. The van der Waals surface area contributed by atoms with E-state index in [1.807, 2.05) is 43.3 Å². The zero-order valence-corrected chi connectivity index (χ0v) is 17.3. The molecular formula is C22H26N2O3S. The molecule has 0 saturated carbocycles. The van der Waals surface area contributed by atoms with Gasteiger partial charge in [0, 0.05) is 12.0 Å². The number of benzene rings is 2. The van der Waals surface area contributed by atoms with Crippen LogP contribution in [0.15, 0.2) is 42.5 Å². The molecule has 1 heterocycles. The van der Waals surface area contributed by atoms with Crippen LogP contribution in [0.5, 0.6) is 11.5 Å². The Kier molecular flexibility index (Phi) is 6.87. The largest absolute Gasteiger partial charge is 0.497 e. The van der Waals surface area contributed by atoms with Crippen molar-refractivity contribution >= 4 is 27.5 Å². The summed E-state index contributed by atoms with van der Waals surface area (Å²) in [5, 5.41) is 4.19. The summed E-state index contributed by atoms with van der Waals surface area (Å²) in [6, 6.07) is 13.6. The van der Waals surface area contributed by atoms with Crippen molar-refractivity contribution in [1.82, 2.24) is 10.3 Å². The van der Waals surface area contributed by atoms with Crippen LogP contribution >= 0.6 is 11.3 Å². The third-order valence-electron chi connectivity index (χ3n) is 4.66. The summed E-state index contributed by atoms with van der Waals surface area (Å²) in [5.74, 6) is 1.53. The highest BCUT2D eigenvalue weighted by molar-refractivity contribution is 7.18. The van der Waals surface area contributed by atoms with E-state index in [-0.39, 0.29) is 11.9 Å². The molecule has 5 nitrogen and oxygen atoms in total. The van der Waals surface area contributed by atoms with Gasteiger partial charge in [-0.05, 0) is 56.5 Å². The Morgan fingerprint density at radius 1 is 1.14 bits per heavy atom. The van der Waals surface area contributed by atoms with Gasteiger partial charge in [0.2, 0.25) is 5.91 Å². The fourth-order valence-electron chi connectivity index (χ4n) is 3.16. The molecule has 148 valence electrons. The van der Waals surface area contributed by atoms with Crippen LogP contribution in [0.1, 0.15) is 42.8 Å². The summed E-state index contributed by atoms with van der Waals surface area (Å²) < 4.78 is 11.9. The lowest BCUT2D eigenvalue weighted by Gasteiger charge is -2.18. The number of methoxy groups -OCH3 is 2. The summed E-state index contributed by atoms with van der Waals surface area (Å²) in [7, 11) is 3.25. The van der Waals surface area contributed by atoms with Gasteiger partial charge in [-0.15, -0.1) is 11.3 Å². The van der Waals surface area contributed by atoms with Crippen molar-refractivity contribution in [2.24, 2.45) is 0 Å². The number of hydrogen-bond donors (Lipinski definition) is 1. The van der Waals surface area contributed by atoms with E-state index < -0.39 is 0 Å². The highest BCUT2D eigenvalue weighted by Crippen LogP contribution is 2.29. The smallest absolute Gasteiger partial charge is 0.220 e. The molecule has 0 aliphatic heterocycles. The Morgan fingerprint density at radius 3 is 2.71 bits per heavy atom. The van der Waals surface area contributed by atoms with E-state index in [9.17, 15) is 4.79 Å². The van der Waals surface area contributed by atoms with E-state index in [1.54, 1.807) is 25.6 Å². The second-order valence-corrected chi connectivity index (χ2v) is 7.79. The molecule has 0 radical (unpaired) electrons. The van der Waals surface area contributed by atoms with Gasteiger partial charge in [-0.3, -0.25) is 4.79 Å². The van der Waals surface area contributed by atoms with Crippen LogP contribution in [0.2, 0.25) is 0 Å². The normalized spacial score (nSPS) is 12.0. The molecule has 3 rings (SSSR count). The van der Waals surface area contributed by atoms with E-state index in [0.29, 0.717) is 6.42 Å². The average molecular weight is 399 g/mol. The van der Waals surface area contributed by atoms with Crippen LogP contribution in [0.25, 0.3) is 10.2 Å². The predicted octanol–water partition coefficient (Wildman–Crippen LogP) is 4.90. The number of ether oxygens (including phenoxy) is 2. The lowest BCUT2D eigenvalue weighted by Crippen LogP contribution is -2.26. The molecule has 1 unspecified atom stereocenters. The van der Waals surface area contributed by atoms with Gasteiger partial charge in [-0.1, -0.05) is 12.1 Å². The van der Waals surface area contributed by atoms with Crippen LogP contribution in [-0.4, -0.2) is 25.1 Å². The molecule has 1 N–H and O–H groups in total. The van der Waals surface area contributed by atoms with E-state index in [0.717, 1.165) is 46.8 Å². The zero-order valence-electron chi connectivity index (χ0n) is 16.5. The molecular weight excluding hydrogens is 372 g/mol. The monoisotopic (exact) mass is 398 g/mol. The van der Waals surface area contributed by atoms with E-state index in [2.05, 4.69) is 16.4 Å². The molecule has 2 aromatic carbocycles. The number of thiazole rings is 1. The molecule has 0 bridgehead atoms. The molecule has 3 aromatic rings. The Bertz CT molecular complexity index is 905. The van der Waals surface area contributed by atoms with E-state index in [1.165, 1.54) is 4.70 Å². The number of fused-ring (bicyclic) bond motifs is 1. The Balaban J connectivity index is 1.47. The number of carbonyl (C=O) groups excluding carboxylic acids is 1. The fourth-order valence-corrected chi connectivity index (χ4v) is 4.17. The van der Waals surface area contributed by atoms with Crippen molar-refractivity contribution in [3.05, 3.63) is 53.0 Å². The minimum atomic E-state index is -0.151. The van der Waals surface area contributed by atoms with Gasteiger partial charge in [0.05, 0.1) is 35.5 Å². The van der Waals surface area contributed by atoms with Gasteiger partial charge in [0.25, 0.3) is 0 Å². The first-order valence-corrected chi connectivity index (χ1v) is 10.3. The SMILES string of the molecule is COc1ccc(OC)c(C(C)NC(=O)CCCCc2nc3ccccc3s2)c1. The lowest BCUT2D eigenvalue weighted by atomic mass is 10.1. The number of aryl methyl sites for hydroxylation is 1. The summed E-state index contributed by atoms with van der Waals surface area (Å²) in [6.45, 7) is 1.95. The van der Waals surface area contributed by atoms with Crippen molar-refractivity contribution in [2.75, 3.05) is 14.2 Å². The van der Waals surface area contributed by atoms with Crippen LogP contribution in [0, 0.1) is 0 Å². The molecule has 0 saturated heterocycles. The maximum Gasteiger partial charge on any atom is 0.220 e. The number of nitrogens with one attached hydrogen (secondary N) is 1. The second-order valence-electron chi connectivity index (χ2n) is 6.68. The zero-order chi connectivity index (χ0) is 19.9. The highest BCUT2D eigenvalue weighted by atomic mass is 32.1. The van der Waals surface area contributed by atoms with Gasteiger partial charge >= 0.3 is 0 Å². The number of hydrogen-bond acceptors (Lipinski definition) is 5. The Morgan fingerprint density at radius 2 is 1.96 bits per heavy atom. The van der Waals surface area contributed by atoms with Gasteiger partial charge in [-0.25, -0.2) is 4.98 Å². The standard InChI is InChI=1S/C22H26N2O3S/c1-15(17-14-16(26-2)12-13-19(17)27-3)23-21(25)10-6-7-11-22-24-18-8-4-5-9-20(18)28-22/h4-5,8-9,12-15H,6-7,10-11H2,1-3H3,(H,23,25). The summed E-state index contributed by atoms with van der Waals surface area (Å²) in [6.07, 6.45) is 3.20. The molecule has 1 atom stereocenters. The first-order valence-electron chi connectivity index (χ1n) is 9.46. The van der Waals surface area contributed by atoms with Crippen molar-refractivity contribution in [3.8, 4) is 11.5 Å². The first kappa shape index (κ1) is 20.1. The quantitative estimate of drug-likeness (QED) is 0.521. The Hall–Kier alpha value is -2.60. The molecule has 0 aliphatic carbocycles. The average Bonchev–Trinajstić information content (AvgIpc) is 3.13. The second kappa shape index (κ2) is 9.55. The minimum absolute atomic E-state index is 0.0432. The maximum absolute atomic E-state index is 12.3. The minimum Gasteiger partial charge on any atom is -0.497 e. The summed E-state index contributed by atoms with van der Waals surface area (Å²) >= 11 is 1.73. The van der Waals surface area contributed by atoms with Crippen molar-refractivity contribution in [3.63, 3.8) is 0 Å². The van der Waals surface area contributed by atoms with Crippen LogP contribution < -0.4 is 14.8 Å². The van der Waals surface area contributed by atoms with Crippen molar-refractivity contribution in [2.45, 2.75) is 38.6 Å². The summed E-state index contributed by atoms with van der Waals surface area (Å²) in [4.78, 5) is 17.0. The molecule has 28 heavy (non-hydrogen) atoms. The predicted molar refractivity (Wildman–Crippen MR) is 113 cm³/mol. The third-order valence-corrected chi connectivity index (χ3v) is 5.76. The van der Waals surface area contributed by atoms with E-state index in [4.69, 9.17) is 9.47 Å². The van der Waals surface area contributed by atoms with Gasteiger partial charge in [0.1, 0.15) is 11.5 Å². The number of aromatic nitrogens is 1. The van der Waals surface area contributed by atoms with Crippen LogP contribution in [-0.2, 0) is 11.2 Å².